The zero-order valence-corrected chi connectivity index (χ0v) is 16.0. The van der Waals surface area contributed by atoms with E-state index >= 15 is 0 Å². The molecule has 1 unspecified atom stereocenters. The van der Waals surface area contributed by atoms with Gasteiger partial charge in [-0.05, 0) is 54.3 Å². The maximum Gasteiger partial charge on any atom is 0.264 e. The molecule has 6 nitrogen and oxygen atoms in total. The van der Waals surface area contributed by atoms with Gasteiger partial charge in [-0.15, -0.1) is 0 Å². The number of aromatic nitrogens is 2. The molecule has 0 bridgehead atoms. The van der Waals surface area contributed by atoms with Gasteiger partial charge in [-0.2, -0.15) is 0 Å². The Morgan fingerprint density at radius 1 is 1.34 bits per heavy atom. The molecule has 0 N–H and O–H groups in total. The predicted molar refractivity (Wildman–Crippen MR) is 108 cm³/mol. The molecule has 3 heterocycles. The molecule has 0 radical (unpaired) electrons. The van der Waals surface area contributed by atoms with Crippen LogP contribution in [0.25, 0.3) is 16.6 Å². The molecule has 1 amide bonds. The molecule has 148 valence electrons. The van der Waals surface area contributed by atoms with Gasteiger partial charge in [0.15, 0.2) is 11.6 Å². The van der Waals surface area contributed by atoms with E-state index in [9.17, 15) is 14.0 Å². The smallest absolute Gasteiger partial charge is 0.264 e. The highest BCUT2D eigenvalue weighted by Gasteiger charge is 2.30. The molecule has 0 spiro atoms. The maximum absolute atomic E-state index is 14.6. The normalized spacial score (nSPS) is 16.2. The fourth-order valence-corrected chi connectivity index (χ4v) is 3.84. The summed E-state index contributed by atoms with van der Waals surface area (Å²) in [5.41, 5.74) is 0.263. The molecule has 1 atom stereocenters. The van der Waals surface area contributed by atoms with E-state index in [1.165, 1.54) is 29.0 Å². The number of methoxy groups -OCH3 is 1. The highest BCUT2D eigenvalue weighted by Crippen LogP contribution is 2.31. The number of carbonyl (C=O) groups excluding carboxylic acids is 1. The second-order valence-electron chi connectivity index (χ2n) is 6.95. The fraction of sp³-hybridized carbons (Fsp3) is 0.227. The van der Waals surface area contributed by atoms with E-state index in [0.717, 1.165) is 0 Å². The van der Waals surface area contributed by atoms with Crippen LogP contribution in [0.1, 0.15) is 18.0 Å². The molecule has 2 aromatic heterocycles. The van der Waals surface area contributed by atoms with Crippen LogP contribution in [0.5, 0.6) is 5.75 Å². The molecule has 0 aliphatic carbocycles. The van der Waals surface area contributed by atoms with Gasteiger partial charge in [-0.1, -0.05) is 6.58 Å². The van der Waals surface area contributed by atoms with Crippen molar-refractivity contribution in [2.75, 3.05) is 20.2 Å². The molecule has 1 aromatic carbocycles. The first-order valence-electron chi connectivity index (χ1n) is 9.29. The first kappa shape index (κ1) is 18.9. The van der Waals surface area contributed by atoms with E-state index in [1.54, 1.807) is 30.2 Å². The lowest BCUT2D eigenvalue weighted by Crippen LogP contribution is -2.29. The van der Waals surface area contributed by atoms with Gasteiger partial charge < -0.3 is 9.64 Å². The van der Waals surface area contributed by atoms with E-state index in [2.05, 4.69) is 11.6 Å². The first-order valence-corrected chi connectivity index (χ1v) is 9.29. The Morgan fingerprint density at radius 2 is 2.17 bits per heavy atom. The van der Waals surface area contributed by atoms with Crippen LogP contribution in [0.4, 0.5) is 4.39 Å². The lowest BCUT2D eigenvalue weighted by molar-refractivity contribution is -0.125. The molecular weight excluding hydrogens is 373 g/mol. The monoisotopic (exact) mass is 393 g/mol. The number of carbonyl (C=O) groups is 1. The number of halogens is 1. The highest BCUT2D eigenvalue weighted by molar-refractivity contribution is 5.87. The van der Waals surface area contributed by atoms with Gasteiger partial charge in [0.1, 0.15) is 5.75 Å². The zero-order chi connectivity index (χ0) is 20.5. The third kappa shape index (κ3) is 3.29. The lowest BCUT2D eigenvalue weighted by atomic mass is 10.0. The first-order chi connectivity index (χ1) is 14.0. The summed E-state index contributed by atoms with van der Waals surface area (Å²) in [6.45, 7) is 4.50. The van der Waals surface area contributed by atoms with Gasteiger partial charge in [0.2, 0.25) is 5.91 Å². The summed E-state index contributed by atoms with van der Waals surface area (Å²) in [7, 11) is 1.56. The summed E-state index contributed by atoms with van der Waals surface area (Å²) in [6.07, 6.45) is 3.39. The van der Waals surface area contributed by atoms with Crippen LogP contribution < -0.4 is 10.3 Å². The van der Waals surface area contributed by atoms with Crippen molar-refractivity contribution in [3.8, 4) is 11.6 Å². The second-order valence-corrected chi connectivity index (χ2v) is 6.95. The molecule has 1 saturated heterocycles. The van der Waals surface area contributed by atoms with Gasteiger partial charge in [0.25, 0.3) is 5.56 Å². The van der Waals surface area contributed by atoms with E-state index in [0.29, 0.717) is 41.7 Å². The topological polar surface area (TPSA) is 64.4 Å². The number of nitrogens with zero attached hydrogens (tertiary/aromatic N) is 3. The number of rotatable bonds is 4. The van der Waals surface area contributed by atoms with Gasteiger partial charge in [0.05, 0.1) is 7.11 Å². The number of ether oxygens (including phenoxy) is 1. The summed E-state index contributed by atoms with van der Waals surface area (Å²) in [6, 6.07) is 9.76. The van der Waals surface area contributed by atoms with Crippen molar-refractivity contribution >= 4 is 16.7 Å². The molecular formula is C22H20FN3O3. The Balaban J connectivity index is 1.94. The van der Waals surface area contributed by atoms with Crippen LogP contribution in [0.2, 0.25) is 0 Å². The Morgan fingerprint density at radius 3 is 2.90 bits per heavy atom. The second kappa shape index (κ2) is 7.50. The van der Waals surface area contributed by atoms with E-state index < -0.39 is 5.82 Å². The minimum Gasteiger partial charge on any atom is -0.497 e. The number of benzene rings is 1. The Hall–Kier alpha value is -3.48. The third-order valence-corrected chi connectivity index (χ3v) is 5.30. The highest BCUT2D eigenvalue weighted by atomic mass is 19.1. The van der Waals surface area contributed by atoms with Crippen molar-refractivity contribution in [3.63, 3.8) is 0 Å². The molecule has 3 aromatic rings. The molecule has 0 saturated carbocycles. The van der Waals surface area contributed by atoms with E-state index in [-0.39, 0.29) is 23.2 Å². The minimum atomic E-state index is -0.583. The largest absolute Gasteiger partial charge is 0.497 e. The molecule has 1 fully saturated rings. The fourth-order valence-electron chi connectivity index (χ4n) is 3.84. The quantitative estimate of drug-likeness (QED) is 0.639. The standard InChI is InChI=1S/C22H20FN3O3/c1-3-20(27)25-10-8-14(13-25)19-12-15-11-16(29-2)6-7-17(15)22(28)26(19)21-18(23)5-4-9-24-21/h3-7,9,11-12,14H,1,8,10,13H2,2H3. The number of amides is 1. The molecule has 29 heavy (non-hydrogen) atoms. The van der Waals surface area contributed by atoms with Crippen molar-refractivity contribution in [1.82, 2.24) is 14.5 Å². The maximum atomic E-state index is 14.6. The van der Waals surface area contributed by atoms with Gasteiger partial charge in [-0.25, -0.2) is 9.37 Å². The van der Waals surface area contributed by atoms with Crippen LogP contribution >= 0.6 is 0 Å². The van der Waals surface area contributed by atoms with Crippen molar-refractivity contribution in [2.24, 2.45) is 0 Å². The Labute approximate surface area is 166 Å². The summed E-state index contributed by atoms with van der Waals surface area (Å²) >= 11 is 0. The van der Waals surface area contributed by atoms with Crippen molar-refractivity contribution < 1.29 is 13.9 Å². The minimum absolute atomic E-state index is 0.0429. The van der Waals surface area contributed by atoms with Crippen LogP contribution in [0.3, 0.4) is 0 Å². The SMILES string of the molecule is C=CC(=O)N1CCC(c2cc3cc(OC)ccc3c(=O)n2-c2ncccc2F)C1. The van der Waals surface area contributed by atoms with Crippen molar-refractivity contribution in [2.45, 2.75) is 12.3 Å². The average Bonchev–Trinajstić information content (AvgIpc) is 3.23. The molecule has 1 aliphatic heterocycles. The van der Waals surface area contributed by atoms with Crippen LogP contribution in [0.15, 0.2) is 60.0 Å². The number of pyridine rings is 2. The third-order valence-electron chi connectivity index (χ3n) is 5.30. The summed E-state index contributed by atoms with van der Waals surface area (Å²) in [5.74, 6) is -0.296. The zero-order valence-electron chi connectivity index (χ0n) is 16.0. The summed E-state index contributed by atoms with van der Waals surface area (Å²) < 4.78 is 21.2. The predicted octanol–water partition coefficient (Wildman–Crippen LogP) is 3.04. The Bertz CT molecular complexity index is 1170. The molecule has 4 rings (SSSR count). The average molecular weight is 393 g/mol. The molecule has 1 aliphatic rings. The van der Waals surface area contributed by atoms with Gasteiger partial charge in [0, 0.05) is 36.3 Å². The van der Waals surface area contributed by atoms with Crippen molar-refractivity contribution in [3.05, 3.63) is 77.1 Å². The number of hydrogen-bond donors (Lipinski definition) is 0. The van der Waals surface area contributed by atoms with Crippen LogP contribution in [0, 0.1) is 5.82 Å². The lowest BCUT2D eigenvalue weighted by Gasteiger charge is -2.20. The summed E-state index contributed by atoms with van der Waals surface area (Å²) in [5, 5.41) is 1.14. The summed E-state index contributed by atoms with van der Waals surface area (Å²) in [4.78, 5) is 31.2. The van der Waals surface area contributed by atoms with Gasteiger partial charge in [-0.3, -0.25) is 14.2 Å². The van der Waals surface area contributed by atoms with Gasteiger partial charge >= 0.3 is 0 Å². The molecule has 7 heteroatoms. The van der Waals surface area contributed by atoms with Crippen LogP contribution in [-0.4, -0.2) is 40.6 Å². The van der Waals surface area contributed by atoms with E-state index in [4.69, 9.17) is 4.74 Å². The van der Waals surface area contributed by atoms with E-state index in [1.807, 2.05) is 6.07 Å². The van der Waals surface area contributed by atoms with Crippen LogP contribution in [-0.2, 0) is 4.79 Å². The number of hydrogen-bond acceptors (Lipinski definition) is 4. The number of fused-ring (bicyclic) bond motifs is 1. The van der Waals surface area contributed by atoms with Crippen molar-refractivity contribution in [1.29, 1.82) is 0 Å². The Kier molecular flexibility index (Phi) is 4.88. The number of likely N-dealkylation sites (tertiary alicyclic amines) is 1.